The lowest BCUT2D eigenvalue weighted by molar-refractivity contribution is -0.119. The highest BCUT2D eigenvalue weighted by molar-refractivity contribution is 7.90. The number of halogens is 2. The number of methoxy groups -OCH3 is 1. The molecule has 12 nitrogen and oxygen atoms in total. The predicted molar refractivity (Wildman–Crippen MR) is 212 cm³/mol. The predicted octanol–water partition coefficient (Wildman–Crippen LogP) is 6.36. The number of anilines is 2. The SMILES string of the molecule is CNS(=O)(=O)C1CCN(Cc2nc3c(Nc4cccc(-c5cccc(-c6ccc(CNC[C@@H]7CCC(=O)N7)c(OC)n6)c5Cl)c4Cl)nccc3s2)CC1. The van der Waals surface area contributed by atoms with Gasteiger partial charge in [-0.3, -0.25) is 9.69 Å². The number of carbonyl (C=O) groups excluding carboxylic acids is 1. The smallest absolute Gasteiger partial charge is 0.220 e. The minimum Gasteiger partial charge on any atom is -0.481 e. The number of amides is 1. The lowest BCUT2D eigenvalue weighted by atomic mass is 10.00. The van der Waals surface area contributed by atoms with Crippen LogP contribution in [0.3, 0.4) is 0 Å². The molecule has 0 radical (unpaired) electrons. The van der Waals surface area contributed by atoms with E-state index in [2.05, 4.69) is 30.6 Å². The Morgan fingerprint density at radius 2 is 1.74 bits per heavy atom. The number of aromatic nitrogens is 3. The summed E-state index contributed by atoms with van der Waals surface area (Å²) in [6, 6.07) is 17.5. The summed E-state index contributed by atoms with van der Waals surface area (Å²) in [5, 5.41) is 11.3. The van der Waals surface area contributed by atoms with Gasteiger partial charge in [-0.2, -0.15) is 0 Å². The summed E-state index contributed by atoms with van der Waals surface area (Å²) in [5.41, 5.74) is 5.18. The maximum Gasteiger partial charge on any atom is 0.220 e. The van der Waals surface area contributed by atoms with Gasteiger partial charge in [-0.05, 0) is 57.6 Å². The van der Waals surface area contributed by atoms with E-state index < -0.39 is 10.0 Å². The van der Waals surface area contributed by atoms with Gasteiger partial charge in [-0.15, -0.1) is 11.3 Å². The highest BCUT2D eigenvalue weighted by Gasteiger charge is 2.29. The second-order valence-corrected chi connectivity index (χ2v) is 17.1. The van der Waals surface area contributed by atoms with E-state index in [4.69, 9.17) is 37.9 Å². The third kappa shape index (κ3) is 8.29. The van der Waals surface area contributed by atoms with Crippen LogP contribution in [0.25, 0.3) is 32.6 Å². The van der Waals surface area contributed by atoms with E-state index in [0.717, 1.165) is 43.9 Å². The molecule has 5 heterocycles. The van der Waals surface area contributed by atoms with Gasteiger partial charge in [0, 0.05) is 54.0 Å². The first-order valence-electron chi connectivity index (χ1n) is 17.4. The average molecular weight is 796 g/mol. The van der Waals surface area contributed by atoms with Gasteiger partial charge in [0.05, 0.1) is 45.0 Å². The number of hydrogen-bond acceptors (Lipinski definition) is 11. The molecular weight excluding hydrogens is 755 g/mol. The Kier molecular flexibility index (Phi) is 11.5. The number of likely N-dealkylation sites (tertiary alicyclic amines) is 1. The quantitative estimate of drug-likeness (QED) is 0.106. The lowest BCUT2D eigenvalue weighted by Crippen LogP contribution is -2.42. The molecule has 278 valence electrons. The fourth-order valence-electron chi connectivity index (χ4n) is 6.84. The Hall–Kier alpha value is -3.89. The number of benzene rings is 2. The van der Waals surface area contributed by atoms with Crippen molar-refractivity contribution >= 4 is 72.2 Å². The average Bonchev–Trinajstić information content (AvgIpc) is 3.78. The first-order chi connectivity index (χ1) is 25.6. The van der Waals surface area contributed by atoms with E-state index in [9.17, 15) is 13.2 Å². The number of pyridine rings is 2. The van der Waals surface area contributed by atoms with Crippen molar-refractivity contribution in [1.82, 2.24) is 35.2 Å². The summed E-state index contributed by atoms with van der Waals surface area (Å²) in [7, 11) is -0.204. The summed E-state index contributed by atoms with van der Waals surface area (Å²) in [6.45, 7) is 3.22. The minimum absolute atomic E-state index is 0.0937. The van der Waals surface area contributed by atoms with Gasteiger partial charge >= 0.3 is 0 Å². The van der Waals surface area contributed by atoms with Crippen molar-refractivity contribution in [3.05, 3.63) is 81.4 Å². The van der Waals surface area contributed by atoms with Crippen LogP contribution >= 0.6 is 34.5 Å². The van der Waals surface area contributed by atoms with Crippen molar-refractivity contribution < 1.29 is 17.9 Å². The van der Waals surface area contributed by atoms with Gasteiger partial charge in [-0.25, -0.2) is 28.1 Å². The molecule has 0 spiro atoms. The van der Waals surface area contributed by atoms with E-state index in [1.54, 1.807) is 24.6 Å². The number of rotatable bonds is 13. The van der Waals surface area contributed by atoms with Gasteiger partial charge in [0.15, 0.2) is 5.82 Å². The molecule has 2 aromatic carbocycles. The van der Waals surface area contributed by atoms with Gasteiger partial charge < -0.3 is 20.7 Å². The normalized spacial score (nSPS) is 17.0. The molecule has 1 atom stereocenters. The highest BCUT2D eigenvalue weighted by Crippen LogP contribution is 2.42. The third-order valence-corrected chi connectivity index (χ3v) is 13.4. The number of hydrogen-bond donors (Lipinski definition) is 4. The molecule has 0 bridgehead atoms. The number of thiazole rings is 1. The summed E-state index contributed by atoms with van der Waals surface area (Å²) in [4.78, 5) is 28.1. The van der Waals surface area contributed by atoms with Crippen LogP contribution < -0.4 is 25.4 Å². The molecule has 4 N–H and O–H groups in total. The lowest BCUT2D eigenvalue weighted by Gasteiger charge is -2.30. The first kappa shape index (κ1) is 37.4. The van der Waals surface area contributed by atoms with Crippen LogP contribution in [0, 0.1) is 0 Å². The van der Waals surface area contributed by atoms with Crippen molar-refractivity contribution in [3.8, 4) is 28.3 Å². The first-order valence-corrected chi connectivity index (χ1v) is 20.5. The van der Waals surface area contributed by atoms with Gasteiger partial charge in [0.25, 0.3) is 0 Å². The molecule has 5 aromatic rings. The van der Waals surface area contributed by atoms with E-state index >= 15 is 0 Å². The zero-order valence-corrected chi connectivity index (χ0v) is 32.4. The monoisotopic (exact) mass is 794 g/mol. The Morgan fingerprint density at radius 3 is 2.47 bits per heavy atom. The van der Waals surface area contributed by atoms with Crippen LogP contribution in [0.4, 0.5) is 11.5 Å². The number of nitrogens with one attached hydrogen (secondary N) is 4. The summed E-state index contributed by atoms with van der Waals surface area (Å²) < 4.78 is 33.6. The van der Waals surface area contributed by atoms with Gasteiger partial charge in [0.1, 0.15) is 10.5 Å². The van der Waals surface area contributed by atoms with Crippen molar-refractivity contribution in [3.63, 3.8) is 0 Å². The standard InChI is InChI=1S/C37H40Cl2N8O4S2/c1-40-53(49,50)24-14-17-47(18-15-24)21-32-46-35-30(52-32)13-16-42-36(35)44-29-8-4-6-26(34(29)39)25-5-3-7-27(33(25)38)28-11-9-22(37(45-28)51-2)19-41-20-23-10-12-31(48)43-23/h3-9,11,13,16,23-24,40-41H,10,12,14-15,17-21H2,1-2H3,(H,42,44)(H,43,48)/t23-/m0/s1. The number of sulfonamides is 1. The summed E-state index contributed by atoms with van der Waals surface area (Å²) in [6.07, 6.45) is 4.31. The van der Waals surface area contributed by atoms with Crippen LogP contribution in [0.2, 0.25) is 10.0 Å². The molecule has 16 heteroatoms. The molecule has 2 fully saturated rings. The van der Waals surface area contributed by atoms with E-state index in [1.807, 2.05) is 54.6 Å². The molecule has 0 aliphatic carbocycles. The van der Waals surface area contributed by atoms with Crippen molar-refractivity contribution in [2.24, 2.45) is 0 Å². The summed E-state index contributed by atoms with van der Waals surface area (Å²) >= 11 is 15.8. The number of carbonyl (C=O) groups is 1. The molecule has 2 aliphatic heterocycles. The Balaban J connectivity index is 1.07. The van der Waals surface area contributed by atoms with Crippen LogP contribution in [0.15, 0.2) is 60.8 Å². The molecule has 0 unspecified atom stereocenters. The third-order valence-electron chi connectivity index (χ3n) is 9.71. The molecule has 2 saturated heterocycles. The maximum atomic E-state index is 12.2. The van der Waals surface area contributed by atoms with Crippen LogP contribution in [-0.4, -0.2) is 79.3 Å². The molecule has 2 aliphatic rings. The Morgan fingerprint density at radius 1 is 0.981 bits per heavy atom. The van der Waals surface area contributed by atoms with Crippen molar-refractivity contribution in [1.29, 1.82) is 0 Å². The second-order valence-electron chi connectivity index (χ2n) is 13.1. The molecule has 1 amide bonds. The molecule has 53 heavy (non-hydrogen) atoms. The topological polar surface area (TPSA) is 150 Å². The largest absolute Gasteiger partial charge is 0.481 e. The van der Waals surface area contributed by atoms with Gasteiger partial charge in [0.2, 0.25) is 21.8 Å². The zero-order valence-electron chi connectivity index (χ0n) is 29.3. The maximum absolute atomic E-state index is 12.2. The van der Waals surface area contributed by atoms with Crippen molar-refractivity contribution in [2.45, 2.75) is 50.1 Å². The minimum atomic E-state index is -3.27. The zero-order chi connectivity index (χ0) is 37.1. The summed E-state index contributed by atoms with van der Waals surface area (Å²) in [5.74, 6) is 1.17. The van der Waals surface area contributed by atoms with E-state index in [-0.39, 0.29) is 17.2 Å². The van der Waals surface area contributed by atoms with Crippen molar-refractivity contribution in [2.75, 3.05) is 39.1 Å². The number of fused-ring (bicyclic) bond motifs is 1. The van der Waals surface area contributed by atoms with Crippen LogP contribution in [0.5, 0.6) is 5.88 Å². The van der Waals surface area contributed by atoms with E-state index in [0.29, 0.717) is 85.1 Å². The highest BCUT2D eigenvalue weighted by atomic mass is 35.5. The second kappa shape index (κ2) is 16.2. The molecule has 7 rings (SSSR count). The Bertz CT molecular complexity index is 2250. The van der Waals surface area contributed by atoms with Crippen LogP contribution in [0.1, 0.15) is 36.3 Å². The van der Waals surface area contributed by atoms with E-state index in [1.165, 1.54) is 7.05 Å². The number of piperidine rings is 1. The Labute approximate surface area is 322 Å². The van der Waals surface area contributed by atoms with Gasteiger partial charge in [-0.1, -0.05) is 59.6 Å². The molecule has 3 aromatic heterocycles. The molecule has 0 saturated carbocycles. The number of ether oxygens (including phenoxy) is 1. The van der Waals surface area contributed by atoms with Crippen LogP contribution in [-0.2, 0) is 27.9 Å². The number of nitrogens with zero attached hydrogens (tertiary/aromatic N) is 4. The fourth-order valence-corrected chi connectivity index (χ4v) is 9.61. The molecular formula is C37H40Cl2N8O4S2. The fraction of sp³-hybridized carbons (Fsp3) is 0.351.